The van der Waals surface area contributed by atoms with Crippen molar-refractivity contribution in [2.75, 3.05) is 5.75 Å². The van der Waals surface area contributed by atoms with Crippen molar-refractivity contribution in [1.29, 1.82) is 0 Å². The first kappa shape index (κ1) is 11.3. The van der Waals surface area contributed by atoms with Crippen LogP contribution in [-0.4, -0.2) is 12.0 Å². The van der Waals surface area contributed by atoms with Gasteiger partial charge in [-0.2, -0.15) is 0 Å². The highest BCUT2D eigenvalue weighted by molar-refractivity contribution is 7.99. The monoisotopic (exact) mass is 208 g/mol. The Bertz CT molecular complexity index is 307. The van der Waals surface area contributed by atoms with Crippen LogP contribution in [0.3, 0.4) is 0 Å². The second-order valence-corrected chi connectivity index (χ2v) is 4.50. The van der Waals surface area contributed by atoms with Gasteiger partial charge in [0.15, 0.2) is 6.29 Å². The molecule has 0 radical (unpaired) electrons. The zero-order valence-corrected chi connectivity index (χ0v) is 9.56. The van der Waals surface area contributed by atoms with Gasteiger partial charge in [0.1, 0.15) is 0 Å². The number of rotatable bonds is 5. The summed E-state index contributed by atoms with van der Waals surface area (Å²) in [5, 5.41) is 0. The van der Waals surface area contributed by atoms with E-state index in [0.717, 1.165) is 28.1 Å². The summed E-state index contributed by atoms with van der Waals surface area (Å²) in [5.41, 5.74) is 1.97. The van der Waals surface area contributed by atoms with Crippen LogP contribution in [0, 0.1) is 6.92 Å². The van der Waals surface area contributed by atoms with E-state index in [9.17, 15) is 4.79 Å². The second-order valence-electron chi connectivity index (χ2n) is 3.36. The molecule has 1 aromatic rings. The van der Waals surface area contributed by atoms with Crippen molar-refractivity contribution in [1.82, 2.24) is 0 Å². The van der Waals surface area contributed by atoms with Crippen molar-refractivity contribution in [2.45, 2.75) is 31.6 Å². The average Bonchev–Trinajstić information content (AvgIpc) is 2.20. The Morgan fingerprint density at radius 2 is 2.21 bits per heavy atom. The predicted molar refractivity (Wildman–Crippen MR) is 62.2 cm³/mol. The minimum absolute atomic E-state index is 0.825. The van der Waals surface area contributed by atoms with Gasteiger partial charge in [-0.05, 0) is 31.2 Å². The molecule has 0 spiro atoms. The van der Waals surface area contributed by atoms with Crippen LogP contribution >= 0.6 is 11.8 Å². The summed E-state index contributed by atoms with van der Waals surface area (Å²) in [6.07, 6.45) is 3.35. The SMILES string of the molecule is CCCCSc1ccc(C)cc1C=O. The van der Waals surface area contributed by atoms with E-state index >= 15 is 0 Å². The van der Waals surface area contributed by atoms with Crippen LogP contribution in [0.15, 0.2) is 23.1 Å². The van der Waals surface area contributed by atoms with E-state index in [2.05, 4.69) is 13.0 Å². The Morgan fingerprint density at radius 3 is 2.86 bits per heavy atom. The number of hydrogen-bond donors (Lipinski definition) is 0. The third-order valence-electron chi connectivity index (χ3n) is 2.05. The van der Waals surface area contributed by atoms with Gasteiger partial charge in [-0.3, -0.25) is 4.79 Å². The molecule has 2 heteroatoms. The number of hydrogen-bond acceptors (Lipinski definition) is 2. The number of benzene rings is 1. The third-order valence-corrected chi connectivity index (χ3v) is 3.22. The van der Waals surface area contributed by atoms with Gasteiger partial charge in [-0.15, -0.1) is 11.8 Å². The van der Waals surface area contributed by atoms with E-state index in [0.29, 0.717) is 0 Å². The highest BCUT2D eigenvalue weighted by atomic mass is 32.2. The molecule has 0 saturated carbocycles. The van der Waals surface area contributed by atoms with Crippen molar-refractivity contribution in [3.05, 3.63) is 29.3 Å². The summed E-state index contributed by atoms with van der Waals surface area (Å²) in [6.45, 7) is 4.18. The zero-order valence-electron chi connectivity index (χ0n) is 8.75. The number of unbranched alkanes of at least 4 members (excludes halogenated alkanes) is 1. The first-order chi connectivity index (χ1) is 6.77. The fraction of sp³-hybridized carbons (Fsp3) is 0.417. The maximum absolute atomic E-state index is 10.8. The second kappa shape index (κ2) is 5.86. The number of aryl methyl sites for hydroxylation is 1. The van der Waals surface area contributed by atoms with Crippen molar-refractivity contribution in [3.8, 4) is 0 Å². The largest absolute Gasteiger partial charge is 0.298 e. The minimum Gasteiger partial charge on any atom is -0.298 e. The van der Waals surface area contributed by atoms with Crippen LogP contribution in [0.4, 0.5) is 0 Å². The van der Waals surface area contributed by atoms with Gasteiger partial charge in [0.25, 0.3) is 0 Å². The normalized spacial score (nSPS) is 10.1. The molecule has 0 fully saturated rings. The van der Waals surface area contributed by atoms with Crippen LogP contribution in [-0.2, 0) is 0 Å². The van der Waals surface area contributed by atoms with Gasteiger partial charge in [0.2, 0.25) is 0 Å². The van der Waals surface area contributed by atoms with Gasteiger partial charge in [0.05, 0.1) is 0 Å². The standard InChI is InChI=1S/C12H16OS/c1-3-4-7-14-12-6-5-10(2)8-11(12)9-13/h5-6,8-9H,3-4,7H2,1-2H3. The number of aldehydes is 1. The summed E-state index contributed by atoms with van der Waals surface area (Å²) in [7, 11) is 0. The van der Waals surface area contributed by atoms with Crippen LogP contribution in [0.2, 0.25) is 0 Å². The summed E-state index contributed by atoms with van der Waals surface area (Å²) in [4.78, 5) is 11.9. The molecule has 0 atom stereocenters. The molecule has 0 heterocycles. The van der Waals surface area contributed by atoms with E-state index in [1.807, 2.05) is 19.1 Å². The van der Waals surface area contributed by atoms with Crippen LogP contribution < -0.4 is 0 Å². The number of carbonyl (C=O) groups is 1. The summed E-state index contributed by atoms with van der Waals surface area (Å²) >= 11 is 1.77. The molecule has 0 bridgehead atoms. The quantitative estimate of drug-likeness (QED) is 0.417. The molecule has 0 unspecified atom stereocenters. The van der Waals surface area contributed by atoms with Gasteiger partial charge in [-0.1, -0.05) is 25.0 Å². The predicted octanol–water partition coefficient (Wildman–Crippen LogP) is 3.70. The van der Waals surface area contributed by atoms with E-state index < -0.39 is 0 Å². The Labute approximate surface area is 89.9 Å². The van der Waals surface area contributed by atoms with E-state index in [4.69, 9.17) is 0 Å². The van der Waals surface area contributed by atoms with Crippen molar-refractivity contribution in [3.63, 3.8) is 0 Å². The van der Waals surface area contributed by atoms with Gasteiger partial charge >= 0.3 is 0 Å². The average molecular weight is 208 g/mol. The van der Waals surface area contributed by atoms with E-state index in [1.165, 1.54) is 12.8 Å². The maximum Gasteiger partial charge on any atom is 0.151 e. The number of carbonyl (C=O) groups excluding carboxylic acids is 1. The summed E-state index contributed by atoms with van der Waals surface area (Å²) in [6, 6.07) is 6.04. The lowest BCUT2D eigenvalue weighted by Gasteiger charge is -2.04. The molecule has 0 aromatic heterocycles. The van der Waals surface area contributed by atoms with Crippen molar-refractivity contribution in [2.24, 2.45) is 0 Å². The van der Waals surface area contributed by atoms with Crippen LogP contribution in [0.1, 0.15) is 35.7 Å². The zero-order chi connectivity index (χ0) is 10.4. The third kappa shape index (κ3) is 3.18. The Balaban J connectivity index is 2.70. The van der Waals surface area contributed by atoms with E-state index in [-0.39, 0.29) is 0 Å². The molecule has 1 aromatic carbocycles. The maximum atomic E-state index is 10.8. The first-order valence-corrected chi connectivity index (χ1v) is 5.95. The van der Waals surface area contributed by atoms with Crippen LogP contribution in [0.5, 0.6) is 0 Å². The Kier molecular flexibility index (Phi) is 4.74. The lowest BCUT2D eigenvalue weighted by molar-refractivity contribution is 0.112. The minimum atomic E-state index is 0.825. The Morgan fingerprint density at radius 1 is 1.43 bits per heavy atom. The topological polar surface area (TPSA) is 17.1 Å². The smallest absolute Gasteiger partial charge is 0.151 e. The Hall–Kier alpha value is -0.760. The number of thioether (sulfide) groups is 1. The van der Waals surface area contributed by atoms with Gasteiger partial charge < -0.3 is 0 Å². The van der Waals surface area contributed by atoms with Crippen LogP contribution in [0.25, 0.3) is 0 Å². The fourth-order valence-electron chi connectivity index (χ4n) is 1.22. The molecule has 0 N–H and O–H groups in total. The first-order valence-electron chi connectivity index (χ1n) is 4.96. The fourth-order valence-corrected chi connectivity index (χ4v) is 2.31. The van der Waals surface area contributed by atoms with Gasteiger partial charge in [0, 0.05) is 10.5 Å². The molecule has 0 aliphatic heterocycles. The lowest BCUT2D eigenvalue weighted by atomic mass is 10.2. The van der Waals surface area contributed by atoms with Crippen molar-refractivity contribution < 1.29 is 4.79 Å². The molecule has 14 heavy (non-hydrogen) atoms. The molecule has 0 saturated heterocycles. The summed E-state index contributed by atoms with van der Waals surface area (Å²) < 4.78 is 0. The molecule has 0 aliphatic carbocycles. The molecule has 1 nitrogen and oxygen atoms in total. The molecule has 1 rings (SSSR count). The highest BCUT2D eigenvalue weighted by Crippen LogP contribution is 2.23. The molecule has 0 amide bonds. The van der Waals surface area contributed by atoms with Gasteiger partial charge in [-0.25, -0.2) is 0 Å². The van der Waals surface area contributed by atoms with Crippen molar-refractivity contribution >= 4 is 18.0 Å². The summed E-state index contributed by atoms with van der Waals surface area (Å²) in [5.74, 6) is 1.10. The van der Waals surface area contributed by atoms with E-state index in [1.54, 1.807) is 11.8 Å². The molecule has 76 valence electrons. The molecular weight excluding hydrogens is 192 g/mol. The molecular formula is C12H16OS. The lowest BCUT2D eigenvalue weighted by Crippen LogP contribution is -1.88. The highest BCUT2D eigenvalue weighted by Gasteiger charge is 2.01. The molecule has 0 aliphatic rings.